The second-order valence-electron chi connectivity index (χ2n) is 7.66. The Morgan fingerprint density at radius 3 is 1.91 bits per heavy atom. The SMILES string of the molecule is O=C(Nc1ccccc1)C(c1ccccc1)N1CCN(S(=O)(=O)c2c(F)cccc2F)CC1. The quantitative estimate of drug-likeness (QED) is 0.596. The zero-order valence-electron chi connectivity index (χ0n) is 17.7. The zero-order valence-corrected chi connectivity index (χ0v) is 18.5. The molecule has 1 unspecified atom stereocenters. The molecule has 0 spiro atoms. The number of anilines is 1. The Bertz CT molecular complexity index is 1200. The Morgan fingerprint density at radius 2 is 1.33 bits per heavy atom. The van der Waals surface area contributed by atoms with Crippen molar-refractivity contribution in [3.05, 3.63) is 96.1 Å². The molecule has 0 aromatic heterocycles. The van der Waals surface area contributed by atoms with Gasteiger partial charge in [0.2, 0.25) is 15.9 Å². The van der Waals surface area contributed by atoms with Gasteiger partial charge >= 0.3 is 0 Å². The molecule has 0 aliphatic carbocycles. The molecule has 3 aromatic rings. The maximum atomic E-state index is 14.1. The van der Waals surface area contributed by atoms with Crippen LogP contribution in [-0.4, -0.2) is 49.7 Å². The molecule has 1 fully saturated rings. The monoisotopic (exact) mass is 471 g/mol. The van der Waals surface area contributed by atoms with Crippen molar-refractivity contribution < 1.29 is 22.0 Å². The van der Waals surface area contributed by atoms with E-state index in [4.69, 9.17) is 0 Å². The van der Waals surface area contributed by atoms with Gasteiger partial charge in [0.25, 0.3) is 0 Å². The van der Waals surface area contributed by atoms with Crippen LogP contribution >= 0.6 is 0 Å². The van der Waals surface area contributed by atoms with Gasteiger partial charge in [0.1, 0.15) is 17.7 Å². The van der Waals surface area contributed by atoms with Gasteiger partial charge in [-0.1, -0.05) is 54.6 Å². The smallest absolute Gasteiger partial charge is 0.249 e. The van der Waals surface area contributed by atoms with Crippen LogP contribution < -0.4 is 5.32 Å². The molecule has 1 aliphatic heterocycles. The molecule has 4 rings (SSSR count). The second-order valence-corrected chi connectivity index (χ2v) is 9.53. The number of hydrogen-bond donors (Lipinski definition) is 1. The number of benzene rings is 3. The first-order valence-electron chi connectivity index (χ1n) is 10.5. The molecule has 1 amide bonds. The summed E-state index contributed by atoms with van der Waals surface area (Å²) in [6, 6.07) is 20.6. The number of hydrogen-bond acceptors (Lipinski definition) is 4. The first-order valence-corrected chi connectivity index (χ1v) is 11.9. The van der Waals surface area contributed by atoms with Gasteiger partial charge in [0, 0.05) is 31.9 Å². The minimum atomic E-state index is -4.35. The van der Waals surface area contributed by atoms with Crippen LogP contribution in [0.1, 0.15) is 11.6 Å². The number of carbonyl (C=O) groups is 1. The highest BCUT2D eigenvalue weighted by Crippen LogP contribution is 2.28. The highest BCUT2D eigenvalue weighted by molar-refractivity contribution is 7.89. The lowest BCUT2D eigenvalue weighted by atomic mass is 10.0. The van der Waals surface area contributed by atoms with Crippen molar-refractivity contribution in [3.8, 4) is 0 Å². The molecule has 33 heavy (non-hydrogen) atoms. The van der Waals surface area contributed by atoms with Crippen molar-refractivity contribution in [1.29, 1.82) is 0 Å². The first-order chi connectivity index (χ1) is 15.9. The Kier molecular flexibility index (Phi) is 6.83. The highest BCUT2D eigenvalue weighted by atomic mass is 32.2. The van der Waals surface area contributed by atoms with Crippen molar-refractivity contribution in [1.82, 2.24) is 9.21 Å². The molecule has 1 aliphatic rings. The van der Waals surface area contributed by atoms with Crippen molar-refractivity contribution in [2.45, 2.75) is 10.9 Å². The van der Waals surface area contributed by atoms with Gasteiger partial charge in [-0.05, 0) is 29.8 Å². The van der Waals surface area contributed by atoms with E-state index in [0.29, 0.717) is 5.69 Å². The molecule has 6 nitrogen and oxygen atoms in total. The lowest BCUT2D eigenvalue weighted by molar-refractivity contribution is -0.122. The van der Waals surface area contributed by atoms with Gasteiger partial charge < -0.3 is 5.32 Å². The molecule has 0 saturated carbocycles. The normalized spacial score (nSPS) is 16.3. The summed E-state index contributed by atoms with van der Waals surface area (Å²) in [5.74, 6) is -2.49. The van der Waals surface area contributed by atoms with E-state index in [1.165, 1.54) is 0 Å². The molecule has 1 heterocycles. The predicted octanol–water partition coefficient (Wildman–Crippen LogP) is 3.65. The molecule has 1 N–H and O–H groups in total. The maximum absolute atomic E-state index is 14.1. The number of amides is 1. The van der Waals surface area contributed by atoms with Gasteiger partial charge in [0.05, 0.1) is 0 Å². The topological polar surface area (TPSA) is 69.7 Å². The summed E-state index contributed by atoms with van der Waals surface area (Å²) in [6.07, 6.45) is 0. The number of rotatable bonds is 6. The highest BCUT2D eigenvalue weighted by Gasteiger charge is 2.36. The average Bonchev–Trinajstić information content (AvgIpc) is 2.81. The van der Waals surface area contributed by atoms with E-state index < -0.39 is 32.6 Å². The average molecular weight is 472 g/mol. The van der Waals surface area contributed by atoms with E-state index in [9.17, 15) is 22.0 Å². The van der Waals surface area contributed by atoms with Crippen molar-refractivity contribution >= 4 is 21.6 Å². The summed E-state index contributed by atoms with van der Waals surface area (Å²) in [4.78, 5) is 14.1. The largest absolute Gasteiger partial charge is 0.324 e. The van der Waals surface area contributed by atoms with Crippen LogP contribution in [0.15, 0.2) is 83.8 Å². The van der Waals surface area contributed by atoms with Gasteiger partial charge in [-0.3, -0.25) is 9.69 Å². The first kappa shape index (κ1) is 23.0. The van der Waals surface area contributed by atoms with Crippen molar-refractivity contribution in [2.75, 3.05) is 31.5 Å². The van der Waals surface area contributed by atoms with Gasteiger partial charge in [-0.25, -0.2) is 17.2 Å². The van der Waals surface area contributed by atoms with E-state index in [2.05, 4.69) is 5.32 Å². The van der Waals surface area contributed by atoms with Gasteiger partial charge in [-0.2, -0.15) is 4.31 Å². The van der Waals surface area contributed by atoms with Crippen LogP contribution in [0.4, 0.5) is 14.5 Å². The number of piperazine rings is 1. The van der Waals surface area contributed by atoms with Gasteiger partial charge in [0.15, 0.2) is 4.90 Å². The molecule has 9 heteroatoms. The third-order valence-electron chi connectivity index (χ3n) is 5.56. The summed E-state index contributed by atoms with van der Waals surface area (Å²) < 4.78 is 55.1. The number of para-hydroxylation sites is 1. The third kappa shape index (κ3) is 4.95. The molecular weight excluding hydrogens is 448 g/mol. The summed E-state index contributed by atoms with van der Waals surface area (Å²) in [5, 5.41) is 2.91. The Hall–Kier alpha value is -3.14. The fourth-order valence-corrected chi connectivity index (χ4v) is 5.49. The molecule has 1 atom stereocenters. The predicted molar refractivity (Wildman–Crippen MR) is 121 cm³/mol. The summed E-state index contributed by atoms with van der Waals surface area (Å²) in [6.45, 7) is 0.435. The Balaban J connectivity index is 1.54. The summed E-state index contributed by atoms with van der Waals surface area (Å²) in [5.41, 5.74) is 1.42. The molecular formula is C24H23F2N3O3S. The van der Waals surface area contributed by atoms with E-state index in [1.807, 2.05) is 53.4 Å². The fourth-order valence-electron chi connectivity index (χ4n) is 3.96. The zero-order chi connectivity index (χ0) is 23.4. The third-order valence-corrected chi connectivity index (χ3v) is 7.51. The Morgan fingerprint density at radius 1 is 0.788 bits per heavy atom. The van der Waals surface area contributed by atoms with Crippen molar-refractivity contribution in [2.24, 2.45) is 0 Å². The van der Waals surface area contributed by atoms with E-state index >= 15 is 0 Å². The summed E-state index contributed by atoms with van der Waals surface area (Å²) in [7, 11) is -4.35. The molecule has 3 aromatic carbocycles. The number of sulfonamides is 1. The number of nitrogens with zero attached hydrogens (tertiary/aromatic N) is 2. The lowest BCUT2D eigenvalue weighted by Gasteiger charge is -2.38. The molecule has 0 radical (unpaired) electrons. The van der Waals surface area contributed by atoms with Crippen LogP contribution in [0.25, 0.3) is 0 Å². The summed E-state index contributed by atoms with van der Waals surface area (Å²) >= 11 is 0. The number of halogens is 2. The van der Waals surface area contributed by atoms with Crippen LogP contribution in [0, 0.1) is 11.6 Å². The van der Waals surface area contributed by atoms with Gasteiger partial charge in [-0.15, -0.1) is 0 Å². The van der Waals surface area contributed by atoms with E-state index in [1.54, 1.807) is 12.1 Å². The minimum absolute atomic E-state index is 0.00193. The van der Waals surface area contributed by atoms with Crippen LogP contribution in [0.5, 0.6) is 0 Å². The van der Waals surface area contributed by atoms with Crippen LogP contribution in [-0.2, 0) is 14.8 Å². The van der Waals surface area contributed by atoms with Crippen molar-refractivity contribution in [3.63, 3.8) is 0 Å². The van der Waals surface area contributed by atoms with Crippen LogP contribution in [0.2, 0.25) is 0 Å². The van der Waals surface area contributed by atoms with E-state index in [0.717, 1.165) is 28.1 Å². The molecule has 172 valence electrons. The van der Waals surface area contributed by atoms with Crippen LogP contribution in [0.3, 0.4) is 0 Å². The minimum Gasteiger partial charge on any atom is -0.324 e. The molecule has 1 saturated heterocycles. The molecule has 0 bridgehead atoms. The maximum Gasteiger partial charge on any atom is 0.249 e. The number of carbonyl (C=O) groups excluding carboxylic acids is 1. The fraction of sp³-hybridized carbons (Fsp3) is 0.208. The standard InChI is InChI=1S/C24H23F2N3O3S/c25-20-12-7-13-21(26)23(20)33(31,32)29-16-14-28(15-17-29)22(18-8-3-1-4-9-18)24(30)27-19-10-5-2-6-11-19/h1-13,22H,14-17H2,(H,27,30). The second kappa shape index (κ2) is 9.78. The number of nitrogens with one attached hydrogen (secondary N) is 1. The Labute approximate surface area is 191 Å². The van der Waals surface area contributed by atoms with E-state index in [-0.39, 0.29) is 32.1 Å². The lowest BCUT2D eigenvalue weighted by Crippen LogP contribution is -2.51.